The fourth-order valence-corrected chi connectivity index (χ4v) is 2.32. The third-order valence-electron chi connectivity index (χ3n) is 3.75. The normalized spacial score (nSPS) is 11.9. The highest BCUT2D eigenvalue weighted by atomic mass is 16.2. The summed E-state index contributed by atoms with van der Waals surface area (Å²) in [4.78, 5) is 26.1. The zero-order valence-corrected chi connectivity index (χ0v) is 13.1. The first-order chi connectivity index (χ1) is 10.6. The summed E-state index contributed by atoms with van der Waals surface area (Å²) < 4.78 is 0. The van der Waals surface area contributed by atoms with Gasteiger partial charge in [0.25, 0.3) is 5.56 Å². The van der Waals surface area contributed by atoms with Crippen molar-refractivity contribution in [2.45, 2.75) is 33.1 Å². The molecule has 4 nitrogen and oxygen atoms in total. The van der Waals surface area contributed by atoms with E-state index in [9.17, 15) is 9.59 Å². The van der Waals surface area contributed by atoms with Gasteiger partial charge in [-0.3, -0.25) is 9.59 Å². The molecule has 0 spiro atoms. The van der Waals surface area contributed by atoms with E-state index in [1.54, 1.807) is 13.0 Å². The first-order valence-corrected chi connectivity index (χ1v) is 7.60. The molecule has 0 aliphatic rings. The Balaban J connectivity index is 1.81. The van der Waals surface area contributed by atoms with Crippen LogP contribution in [0.2, 0.25) is 0 Å². The van der Waals surface area contributed by atoms with Crippen LogP contribution >= 0.6 is 0 Å². The minimum atomic E-state index is -0.131. The van der Waals surface area contributed by atoms with Gasteiger partial charge in [-0.1, -0.05) is 37.3 Å². The molecule has 0 saturated heterocycles. The molecule has 1 amide bonds. The summed E-state index contributed by atoms with van der Waals surface area (Å²) in [6.07, 6.45) is 4.33. The van der Waals surface area contributed by atoms with Crippen molar-refractivity contribution in [1.29, 1.82) is 0 Å². The van der Waals surface area contributed by atoms with E-state index in [4.69, 9.17) is 0 Å². The van der Waals surface area contributed by atoms with Gasteiger partial charge in [0.15, 0.2) is 0 Å². The van der Waals surface area contributed by atoms with Gasteiger partial charge in [-0.15, -0.1) is 0 Å². The largest absolute Gasteiger partial charge is 0.327 e. The van der Waals surface area contributed by atoms with Gasteiger partial charge in [0.2, 0.25) is 5.91 Å². The maximum atomic E-state index is 12.1. The van der Waals surface area contributed by atoms with Crippen molar-refractivity contribution in [1.82, 2.24) is 4.98 Å². The van der Waals surface area contributed by atoms with E-state index in [2.05, 4.69) is 22.4 Å². The lowest BCUT2D eigenvalue weighted by atomic mass is 10.0. The molecular formula is C18H22N2O2. The van der Waals surface area contributed by atoms with Crippen LogP contribution in [0, 0.1) is 12.8 Å². The van der Waals surface area contributed by atoms with Gasteiger partial charge in [-0.05, 0) is 37.8 Å². The number of hydrogen-bond donors (Lipinski definition) is 2. The lowest BCUT2D eigenvalue weighted by Gasteiger charge is -2.12. The number of aromatic nitrogens is 1. The molecule has 0 aliphatic heterocycles. The predicted molar refractivity (Wildman–Crippen MR) is 89.0 cm³/mol. The van der Waals surface area contributed by atoms with Crippen molar-refractivity contribution < 1.29 is 4.79 Å². The molecule has 0 bridgehead atoms. The van der Waals surface area contributed by atoms with Crippen LogP contribution in [0.4, 0.5) is 5.69 Å². The van der Waals surface area contributed by atoms with Crippen LogP contribution in [-0.2, 0) is 11.2 Å². The number of carbonyl (C=O) groups excluding carboxylic acids is 1. The smallest absolute Gasteiger partial charge is 0.250 e. The summed E-state index contributed by atoms with van der Waals surface area (Å²) in [7, 11) is 0. The number of carbonyl (C=O) groups is 1. The Hall–Kier alpha value is -2.36. The monoisotopic (exact) mass is 298 g/mol. The van der Waals surface area contributed by atoms with E-state index >= 15 is 0 Å². The summed E-state index contributed by atoms with van der Waals surface area (Å²) in [6.45, 7) is 3.65. The number of benzene rings is 1. The van der Waals surface area contributed by atoms with Crippen LogP contribution in [-0.4, -0.2) is 10.9 Å². The summed E-state index contributed by atoms with van der Waals surface area (Å²) in [5, 5.41) is 2.85. The topological polar surface area (TPSA) is 62.0 Å². The van der Waals surface area contributed by atoms with Gasteiger partial charge in [0.05, 0.1) is 5.69 Å². The number of hydrogen-bond acceptors (Lipinski definition) is 2. The van der Waals surface area contributed by atoms with Gasteiger partial charge in [0, 0.05) is 17.7 Å². The zero-order valence-electron chi connectivity index (χ0n) is 13.1. The van der Waals surface area contributed by atoms with Crippen LogP contribution in [0.1, 0.15) is 30.9 Å². The highest BCUT2D eigenvalue weighted by molar-refractivity contribution is 5.92. The Bertz CT molecular complexity index is 677. The zero-order chi connectivity index (χ0) is 15.9. The third-order valence-corrected chi connectivity index (χ3v) is 3.75. The minimum Gasteiger partial charge on any atom is -0.327 e. The van der Waals surface area contributed by atoms with Gasteiger partial charge in [-0.25, -0.2) is 0 Å². The van der Waals surface area contributed by atoms with E-state index in [-0.39, 0.29) is 17.4 Å². The summed E-state index contributed by atoms with van der Waals surface area (Å²) in [5.41, 5.74) is 2.40. The van der Waals surface area contributed by atoms with Crippen molar-refractivity contribution in [3.05, 3.63) is 64.1 Å². The van der Waals surface area contributed by atoms with E-state index in [0.717, 1.165) is 19.3 Å². The molecule has 2 rings (SSSR count). The summed E-state index contributed by atoms with van der Waals surface area (Å²) >= 11 is 0. The van der Waals surface area contributed by atoms with Crippen molar-refractivity contribution in [3.8, 4) is 0 Å². The molecule has 116 valence electrons. The molecule has 0 aliphatic carbocycles. The van der Waals surface area contributed by atoms with Gasteiger partial charge in [-0.2, -0.15) is 0 Å². The molecule has 1 heterocycles. The number of nitrogens with one attached hydrogen (secondary N) is 2. The van der Waals surface area contributed by atoms with Crippen LogP contribution in [0.3, 0.4) is 0 Å². The SMILES string of the molecule is Cc1cc(NC(=O)C(C)CCCc2ccccc2)c[nH]c1=O. The van der Waals surface area contributed by atoms with E-state index in [0.29, 0.717) is 11.3 Å². The molecule has 4 heteroatoms. The Morgan fingerprint density at radius 2 is 2.00 bits per heavy atom. The summed E-state index contributed by atoms with van der Waals surface area (Å²) in [5.74, 6) is -0.0737. The molecule has 1 atom stereocenters. The first kappa shape index (κ1) is 16.0. The molecule has 0 saturated carbocycles. The van der Waals surface area contributed by atoms with Crippen LogP contribution in [0.5, 0.6) is 0 Å². The Morgan fingerprint density at radius 1 is 1.27 bits per heavy atom. The lowest BCUT2D eigenvalue weighted by molar-refractivity contribution is -0.119. The maximum Gasteiger partial charge on any atom is 0.250 e. The van der Waals surface area contributed by atoms with Crippen molar-refractivity contribution in [2.24, 2.45) is 5.92 Å². The fourth-order valence-electron chi connectivity index (χ4n) is 2.32. The second-order valence-electron chi connectivity index (χ2n) is 5.67. The molecular weight excluding hydrogens is 276 g/mol. The Morgan fingerprint density at radius 3 is 2.68 bits per heavy atom. The fraction of sp³-hybridized carbons (Fsp3) is 0.333. The van der Waals surface area contributed by atoms with E-state index in [1.807, 2.05) is 25.1 Å². The first-order valence-electron chi connectivity index (χ1n) is 7.60. The molecule has 2 aromatic rings. The Labute approximate surface area is 130 Å². The average Bonchev–Trinajstić information content (AvgIpc) is 2.52. The van der Waals surface area contributed by atoms with Crippen molar-refractivity contribution in [2.75, 3.05) is 5.32 Å². The second kappa shape index (κ2) is 7.59. The number of pyridine rings is 1. The van der Waals surface area contributed by atoms with Crippen LogP contribution < -0.4 is 10.9 Å². The van der Waals surface area contributed by atoms with Crippen molar-refractivity contribution in [3.63, 3.8) is 0 Å². The van der Waals surface area contributed by atoms with Gasteiger partial charge >= 0.3 is 0 Å². The highest BCUT2D eigenvalue weighted by Crippen LogP contribution is 2.13. The maximum absolute atomic E-state index is 12.1. The standard InChI is InChI=1S/C18H22N2O2/c1-13(7-6-10-15-8-4-3-5-9-15)18(22)20-16-11-14(2)17(21)19-12-16/h3-5,8-9,11-13H,6-7,10H2,1-2H3,(H,19,21)(H,20,22). The number of aryl methyl sites for hydroxylation is 2. The number of aromatic amines is 1. The number of rotatable bonds is 6. The quantitative estimate of drug-likeness (QED) is 0.859. The van der Waals surface area contributed by atoms with Crippen LogP contribution in [0.15, 0.2) is 47.4 Å². The molecule has 1 unspecified atom stereocenters. The number of anilines is 1. The highest BCUT2D eigenvalue weighted by Gasteiger charge is 2.13. The minimum absolute atomic E-state index is 0.0143. The number of H-pyrrole nitrogens is 1. The molecule has 2 N–H and O–H groups in total. The van der Waals surface area contributed by atoms with Gasteiger partial charge < -0.3 is 10.3 Å². The molecule has 22 heavy (non-hydrogen) atoms. The third kappa shape index (κ3) is 4.58. The average molecular weight is 298 g/mol. The molecule has 1 aromatic heterocycles. The van der Waals surface area contributed by atoms with E-state index in [1.165, 1.54) is 11.8 Å². The predicted octanol–water partition coefficient (Wildman–Crippen LogP) is 3.28. The lowest BCUT2D eigenvalue weighted by Crippen LogP contribution is -2.21. The molecule has 0 radical (unpaired) electrons. The van der Waals surface area contributed by atoms with Gasteiger partial charge in [0.1, 0.15) is 0 Å². The molecule has 0 fully saturated rings. The number of amides is 1. The van der Waals surface area contributed by atoms with Crippen molar-refractivity contribution >= 4 is 11.6 Å². The second-order valence-corrected chi connectivity index (χ2v) is 5.67. The molecule has 1 aromatic carbocycles. The van der Waals surface area contributed by atoms with E-state index < -0.39 is 0 Å². The van der Waals surface area contributed by atoms with Crippen LogP contribution in [0.25, 0.3) is 0 Å². The summed E-state index contributed by atoms with van der Waals surface area (Å²) in [6, 6.07) is 12.0. The Kier molecular flexibility index (Phi) is 5.53.